The lowest BCUT2D eigenvalue weighted by Crippen LogP contribution is -2.16. The van der Waals surface area contributed by atoms with Crippen LogP contribution in [0.4, 0.5) is 5.13 Å². The quantitative estimate of drug-likeness (QED) is 0.866. The Labute approximate surface area is 111 Å². The smallest absolute Gasteiger partial charge is 0.209 e. The van der Waals surface area contributed by atoms with Crippen LogP contribution in [-0.4, -0.2) is 17.2 Å². The van der Waals surface area contributed by atoms with E-state index in [1.165, 1.54) is 11.3 Å². The molecule has 0 amide bonds. The minimum Gasteiger partial charge on any atom is -0.345 e. The van der Waals surface area contributed by atoms with Crippen molar-refractivity contribution in [3.05, 3.63) is 38.8 Å². The van der Waals surface area contributed by atoms with E-state index in [0.717, 1.165) is 26.2 Å². The van der Waals surface area contributed by atoms with E-state index >= 15 is 0 Å². The van der Waals surface area contributed by atoms with Crippen LogP contribution in [0.2, 0.25) is 5.02 Å². The highest BCUT2D eigenvalue weighted by Gasteiger charge is 2.09. The highest BCUT2D eigenvalue weighted by Crippen LogP contribution is 2.25. The summed E-state index contributed by atoms with van der Waals surface area (Å²) in [7, 11) is 1.97. The van der Waals surface area contributed by atoms with E-state index in [9.17, 15) is 0 Å². The topological polar surface area (TPSA) is 29.0 Å². The molecule has 0 N–H and O–H groups in total. The molecule has 1 aromatic heterocycles. The van der Waals surface area contributed by atoms with Crippen molar-refractivity contribution >= 4 is 44.0 Å². The van der Waals surface area contributed by atoms with E-state index in [4.69, 9.17) is 11.6 Å². The molecule has 0 aliphatic rings. The molecule has 0 bridgehead atoms. The number of halogens is 2. The van der Waals surface area contributed by atoms with E-state index in [0.29, 0.717) is 0 Å². The van der Waals surface area contributed by atoms with Gasteiger partial charge >= 0.3 is 0 Å². The summed E-state index contributed by atoms with van der Waals surface area (Å²) in [6.07, 6.45) is 0. The van der Waals surface area contributed by atoms with Gasteiger partial charge in [-0.3, -0.25) is 0 Å². The van der Waals surface area contributed by atoms with Crippen molar-refractivity contribution in [3.8, 4) is 0 Å². The average Bonchev–Trinajstić information content (AvgIpc) is 2.68. The molecule has 2 rings (SSSR count). The van der Waals surface area contributed by atoms with Gasteiger partial charge in [0.05, 0.1) is 0 Å². The first-order valence-corrected chi connectivity index (χ1v) is 6.59. The van der Waals surface area contributed by atoms with Crippen LogP contribution in [0.5, 0.6) is 0 Å². The summed E-state index contributed by atoms with van der Waals surface area (Å²) in [5.41, 5.74) is 1.08. The fraction of sp³-hybridized carbons (Fsp3) is 0.200. The minimum atomic E-state index is 0.724. The third-order valence-electron chi connectivity index (χ3n) is 2.08. The summed E-state index contributed by atoms with van der Waals surface area (Å²) >= 11 is 10.9. The van der Waals surface area contributed by atoms with Gasteiger partial charge < -0.3 is 4.90 Å². The van der Waals surface area contributed by atoms with Crippen LogP contribution in [-0.2, 0) is 6.54 Å². The van der Waals surface area contributed by atoms with Gasteiger partial charge in [-0.1, -0.05) is 41.1 Å². The number of benzene rings is 1. The summed E-state index contributed by atoms with van der Waals surface area (Å²) in [5.74, 6) is 0. The Kier molecular flexibility index (Phi) is 3.78. The second kappa shape index (κ2) is 5.12. The molecule has 6 heteroatoms. The van der Waals surface area contributed by atoms with Gasteiger partial charge in [0.2, 0.25) is 5.13 Å². The Morgan fingerprint density at radius 1 is 1.38 bits per heavy atom. The van der Waals surface area contributed by atoms with Crippen LogP contribution in [0.3, 0.4) is 0 Å². The normalized spacial score (nSPS) is 10.4. The number of hydrogen-bond acceptors (Lipinski definition) is 4. The van der Waals surface area contributed by atoms with E-state index in [1.807, 2.05) is 36.2 Å². The molecular formula is C10H9BrClN3S. The van der Waals surface area contributed by atoms with Gasteiger partial charge in [0.15, 0.2) is 3.92 Å². The second-order valence-corrected chi connectivity index (χ2v) is 5.92. The number of rotatable bonds is 3. The second-order valence-electron chi connectivity index (χ2n) is 3.29. The molecule has 1 aromatic carbocycles. The Morgan fingerprint density at radius 3 is 2.75 bits per heavy atom. The fourth-order valence-corrected chi connectivity index (χ4v) is 2.55. The summed E-state index contributed by atoms with van der Waals surface area (Å²) in [6, 6.07) is 7.80. The van der Waals surface area contributed by atoms with Crippen molar-refractivity contribution in [1.29, 1.82) is 0 Å². The molecule has 0 saturated heterocycles. The molecule has 0 saturated carbocycles. The molecule has 0 fully saturated rings. The molecule has 2 aromatic rings. The molecule has 1 heterocycles. The molecule has 0 aliphatic carbocycles. The summed E-state index contributed by atoms with van der Waals surface area (Å²) in [5, 5.41) is 9.60. The maximum Gasteiger partial charge on any atom is 0.209 e. The van der Waals surface area contributed by atoms with Gasteiger partial charge in [-0.15, -0.1) is 10.2 Å². The number of nitrogens with zero attached hydrogens (tertiary/aromatic N) is 3. The zero-order valence-corrected chi connectivity index (χ0v) is 11.7. The van der Waals surface area contributed by atoms with Crippen molar-refractivity contribution in [1.82, 2.24) is 10.2 Å². The Morgan fingerprint density at radius 2 is 2.12 bits per heavy atom. The molecule has 0 spiro atoms. The van der Waals surface area contributed by atoms with E-state index in [2.05, 4.69) is 26.1 Å². The molecule has 0 radical (unpaired) electrons. The first-order chi connectivity index (χ1) is 7.66. The minimum absolute atomic E-state index is 0.724. The van der Waals surface area contributed by atoms with Gasteiger partial charge in [0.25, 0.3) is 0 Å². The van der Waals surface area contributed by atoms with E-state index < -0.39 is 0 Å². The van der Waals surface area contributed by atoms with E-state index in [-0.39, 0.29) is 0 Å². The van der Waals surface area contributed by atoms with Gasteiger partial charge in [-0.25, -0.2) is 0 Å². The lowest BCUT2D eigenvalue weighted by Gasteiger charge is -2.15. The first-order valence-electron chi connectivity index (χ1n) is 4.60. The van der Waals surface area contributed by atoms with Crippen molar-refractivity contribution in [2.24, 2.45) is 0 Å². The largest absolute Gasteiger partial charge is 0.345 e. The third kappa shape index (κ3) is 2.72. The van der Waals surface area contributed by atoms with Gasteiger partial charge in [0, 0.05) is 18.6 Å². The highest BCUT2D eigenvalue weighted by atomic mass is 79.9. The summed E-state index contributed by atoms with van der Waals surface area (Å²) in [6.45, 7) is 0.724. The van der Waals surface area contributed by atoms with Crippen molar-refractivity contribution < 1.29 is 0 Å². The molecule has 0 aliphatic heterocycles. The van der Waals surface area contributed by atoms with Gasteiger partial charge in [-0.05, 0) is 27.6 Å². The Hall–Kier alpha value is -0.650. The maximum atomic E-state index is 6.09. The van der Waals surface area contributed by atoms with Gasteiger partial charge in [0.1, 0.15) is 0 Å². The van der Waals surface area contributed by atoms with Crippen LogP contribution < -0.4 is 4.90 Å². The predicted octanol–water partition coefficient (Wildman–Crippen LogP) is 3.59. The van der Waals surface area contributed by atoms with Crippen LogP contribution in [0.1, 0.15) is 5.56 Å². The summed E-state index contributed by atoms with van der Waals surface area (Å²) in [4.78, 5) is 2.02. The van der Waals surface area contributed by atoms with Crippen LogP contribution >= 0.6 is 38.9 Å². The molecule has 84 valence electrons. The molecule has 3 nitrogen and oxygen atoms in total. The van der Waals surface area contributed by atoms with Crippen molar-refractivity contribution in [2.45, 2.75) is 6.54 Å². The lowest BCUT2D eigenvalue weighted by molar-refractivity contribution is 0.892. The number of hydrogen-bond donors (Lipinski definition) is 0. The summed E-state index contributed by atoms with van der Waals surface area (Å²) < 4.78 is 0.786. The van der Waals surface area contributed by atoms with E-state index in [1.54, 1.807) is 0 Å². The van der Waals surface area contributed by atoms with Crippen molar-refractivity contribution in [2.75, 3.05) is 11.9 Å². The standard InChI is InChI=1S/C10H9BrClN3S/c1-15(10-14-13-9(11)16-10)6-7-4-2-3-5-8(7)12/h2-5H,6H2,1H3. The zero-order valence-electron chi connectivity index (χ0n) is 8.52. The Balaban J connectivity index is 2.13. The molecule has 0 atom stereocenters. The number of aromatic nitrogens is 2. The van der Waals surface area contributed by atoms with Crippen LogP contribution in [0, 0.1) is 0 Å². The predicted molar refractivity (Wildman–Crippen MR) is 71.2 cm³/mol. The monoisotopic (exact) mass is 317 g/mol. The first kappa shape index (κ1) is 11.8. The van der Waals surface area contributed by atoms with Crippen LogP contribution in [0.15, 0.2) is 28.2 Å². The maximum absolute atomic E-state index is 6.09. The van der Waals surface area contributed by atoms with Crippen LogP contribution in [0.25, 0.3) is 0 Å². The molecule has 16 heavy (non-hydrogen) atoms. The van der Waals surface area contributed by atoms with Crippen molar-refractivity contribution in [3.63, 3.8) is 0 Å². The Bertz CT molecular complexity index is 488. The highest BCUT2D eigenvalue weighted by molar-refractivity contribution is 9.11. The zero-order chi connectivity index (χ0) is 11.5. The average molecular weight is 319 g/mol. The van der Waals surface area contributed by atoms with Gasteiger partial charge in [-0.2, -0.15) is 0 Å². The fourth-order valence-electron chi connectivity index (χ4n) is 1.30. The molecule has 0 unspecified atom stereocenters. The SMILES string of the molecule is CN(Cc1ccccc1Cl)c1nnc(Br)s1. The number of anilines is 1. The lowest BCUT2D eigenvalue weighted by atomic mass is 10.2. The molecular weight excluding hydrogens is 310 g/mol. The third-order valence-corrected chi connectivity index (χ3v) is 3.92.